The summed E-state index contributed by atoms with van der Waals surface area (Å²) in [5, 5.41) is 9.84. The van der Waals surface area contributed by atoms with Gasteiger partial charge < -0.3 is 10.8 Å². The lowest BCUT2D eigenvalue weighted by molar-refractivity contribution is 0.129. The highest BCUT2D eigenvalue weighted by Crippen LogP contribution is 2.28. The standard InChI is InChI=1S/C13H18F3NO.ClH/c1-13(2,3)12(17)6-11(18)7-4-9(15)10(16)5-8(7)14;/h4-5,11-12,18H,6,17H2,1-3H3;1H/t11-,12+;/m1./s1. The average molecular weight is 298 g/mol. The lowest BCUT2D eigenvalue weighted by Crippen LogP contribution is -2.36. The summed E-state index contributed by atoms with van der Waals surface area (Å²) in [6.07, 6.45) is -1.18. The molecule has 110 valence electrons. The van der Waals surface area contributed by atoms with E-state index in [1.807, 2.05) is 20.8 Å². The zero-order valence-corrected chi connectivity index (χ0v) is 11.9. The number of rotatable bonds is 3. The number of nitrogens with two attached hydrogens (primary N) is 1. The van der Waals surface area contributed by atoms with Gasteiger partial charge in [-0.05, 0) is 17.9 Å². The largest absolute Gasteiger partial charge is 0.388 e. The molecule has 2 nitrogen and oxygen atoms in total. The number of hydrogen-bond acceptors (Lipinski definition) is 2. The van der Waals surface area contributed by atoms with Gasteiger partial charge in [-0.25, -0.2) is 13.2 Å². The SMILES string of the molecule is CC(C)(C)[C@@H](N)C[C@@H](O)c1cc(F)c(F)cc1F.Cl. The van der Waals surface area contributed by atoms with Crippen molar-refractivity contribution in [2.45, 2.75) is 39.3 Å². The van der Waals surface area contributed by atoms with Gasteiger partial charge in [0.05, 0.1) is 6.10 Å². The van der Waals surface area contributed by atoms with Gasteiger partial charge in [-0.2, -0.15) is 0 Å². The molecule has 0 radical (unpaired) electrons. The molecule has 1 rings (SSSR count). The second-order valence-corrected chi connectivity index (χ2v) is 5.51. The van der Waals surface area contributed by atoms with E-state index in [1.165, 1.54) is 0 Å². The molecule has 0 saturated heterocycles. The highest BCUT2D eigenvalue weighted by atomic mass is 35.5. The summed E-state index contributed by atoms with van der Waals surface area (Å²) in [7, 11) is 0. The first-order valence-electron chi connectivity index (χ1n) is 5.71. The van der Waals surface area contributed by atoms with E-state index in [1.54, 1.807) is 0 Å². The smallest absolute Gasteiger partial charge is 0.161 e. The van der Waals surface area contributed by atoms with Crippen molar-refractivity contribution < 1.29 is 18.3 Å². The average Bonchev–Trinajstić information content (AvgIpc) is 2.21. The minimum atomic E-state index is -1.27. The Hall–Kier alpha value is -0.780. The number of aliphatic hydroxyl groups excluding tert-OH is 1. The molecule has 0 aliphatic heterocycles. The Kier molecular flexibility index (Phi) is 6.32. The molecule has 0 spiro atoms. The lowest BCUT2D eigenvalue weighted by atomic mass is 9.83. The minimum Gasteiger partial charge on any atom is -0.388 e. The molecule has 0 bridgehead atoms. The molecule has 0 fully saturated rings. The predicted octanol–water partition coefficient (Wildman–Crippen LogP) is 3.32. The maximum atomic E-state index is 13.4. The topological polar surface area (TPSA) is 46.2 Å². The summed E-state index contributed by atoms with van der Waals surface area (Å²) in [4.78, 5) is 0. The molecule has 0 aromatic heterocycles. The Morgan fingerprint density at radius 1 is 1.11 bits per heavy atom. The summed E-state index contributed by atoms with van der Waals surface area (Å²) < 4.78 is 39.2. The zero-order chi connectivity index (χ0) is 14.1. The van der Waals surface area contributed by atoms with Crippen LogP contribution in [0.5, 0.6) is 0 Å². The van der Waals surface area contributed by atoms with Crippen molar-refractivity contribution in [3.05, 3.63) is 35.1 Å². The Morgan fingerprint density at radius 2 is 1.58 bits per heavy atom. The monoisotopic (exact) mass is 297 g/mol. The lowest BCUT2D eigenvalue weighted by Gasteiger charge is -2.29. The van der Waals surface area contributed by atoms with Gasteiger partial charge in [0, 0.05) is 17.7 Å². The van der Waals surface area contributed by atoms with Crippen molar-refractivity contribution in [1.29, 1.82) is 0 Å². The van der Waals surface area contributed by atoms with Gasteiger partial charge in [0.15, 0.2) is 11.6 Å². The van der Waals surface area contributed by atoms with E-state index in [2.05, 4.69) is 0 Å². The normalized spacial score (nSPS) is 14.7. The maximum absolute atomic E-state index is 13.4. The first kappa shape index (κ1) is 18.2. The van der Waals surface area contributed by atoms with E-state index >= 15 is 0 Å². The molecule has 0 aliphatic rings. The van der Waals surface area contributed by atoms with Gasteiger partial charge in [0.25, 0.3) is 0 Å². The Bertz CT molecular complexity index is 435. The zero-order valence-electron chi connectivity index (χ0n) is 11.1. The van der Waals surface area contributed by atoms with E-state index in [0.29, 0.717) is 12.1 Å². The van der Waals surface area contributed by atoms with E-state index in [0.717, 1.165) is 0 Å². The van der Waals surface area contributed by atoms with Crippen LogP contribution in [0.25, 0.3) is 0 Å². The van der Waals surface area contributed by atoms with Crippen LogP contribution in [0, 0.1) is 22.9 Å². The molecule has 19 heavy (non-hydrogen) atoms. The number of aliphatic hydroxyl groups is 1. The van der Waals surface area contributed by atoms with Crippen LogP contribution >= 0.6 is 12.4 Å². The third-order valence-corrected chi connectivity index (χ3v) is 2.99. The molecule has 3 N–H and O–H groups in total. The highest BCUT2D eigenvalue weighted by molar-refractivity contribution is 5.85. The molecule has 2 atom stereocenters. The summed E-state index contributed by atoms with van der Waals surface area (Å²) in [6.45, 7) is 5.64. The van der Waals surface area contributed by atoms with E-state index < -0.39 is 23.6 Å². The third kappa shape index (κ3) is 4.67. The summed E-state index contributed by atoms with van der Waals surface area (Å²) in [6, 6.07) is 0.710. The Balaban J connectivity index is 0.00000324. The highest BCUT2D eigenvalue weighted by Gasteiger charge is 2.26. The molecule has 0 aliphatic carbocycles. The summed E-state index contributed by atoms with van der Waals surface area (Å²) in [5.74, 6) is -3.43. The molecule has 6 heteroatoms. The van der Waals surface area contributed by atoms with Gasteiger partial charge in [0.1, 0.15) is 5.82 Å². The van der Waals surface area contributed by atoms with Crippen molar-refractivity contribution in [2.24, 2.45) is 11.1 Å². The fourth-order valence-corrected chi connectivity index (χ4v) is 1.51. The molecular formula is C13H19ClF3NO. The molecular weight excluding hydrogens is 279 g/mol. The molecule has 0 amide bonds. The van der Waals surface area contributed by atoms with Crippen LogP contribution < -0.4 is 5.73 Å². The molecule has 0 unspecified atom stereocenters. The fraction of sp³-hybridized carbons (Fsp3) is 0.538. The fourth-order valence-electron chi connectivity index (χ4n) is 1.51. The molecule has 1 aromatic rings. The maximum Gasteiger partial charge on any atom is 0.161 e. The predicted molar refractivity (Wildman–Crippen MR) is 70.6 cm³/mol. The summed E-state index contributed by atoms with van der Waals surface area (Å²) >= 11 is 0. The van der Waals surface area contributed by atoms with E-state index in [9.17, 15) is 18.3 Å². The second kappa shape index (κ2) is 6.59. The quantitative estimate of drug-likeness (QED) is 0.841. The van der Waals surface area contributed by atoms with Crippen molar-refractivity contribution in [3.63, 3.8) is 0 Å². The third-order valence-electron chi connectivity index (χ3n) is 2.99. The molecule has 1 aromatic carbocycles. The second-order valence-electron chi connectivity index (χ2n) is 5.51. The number of benzene rings is 1. The van der Waals surface area contributed by atoms with Crippen LogP contribution in [0.2, 0.25) is 0 Å². The van der Waals surface area contributed by atoms with Gasteiger partial charge in [-0.3, -0.25) is 0 Å². The van der Waals surface area contributed by atoms with Gasteiger partial charge in [-0.15, -0.1) is 12.4 Å². The van der Waals surface area contributed by atoms with Crippen LogP contribution in [0.1, 0.15) is 38.9 Å². The van der Waals surface area contributed by atoms with E-state index in [-0.39, 0.29) is 35.8 Å². The Labute approximate surface area is 117 Å². The van der Waals surface area contributed by atoms with Crippen molar-refractivity contribution >= 4 is 12.4 Å². The van der Waals surface area contributed by atoms with E-state index in [4.69, 9.17) is 5.73 Å². The first-order chi connectivity index (χ1) is 8.12. The first-order valence-corrected chi connectivity index (χ1v) is 5.71. The van der Waals surface area contributed by atoms with Crippen LogP contribution in [-0.4, -0.2) is 11.1 Å². The minimum absolute atomic E-state index is 0. The van der Waals surface area contributed by atoms with Crippen molar-refractivity contribution in [2.75, 3.05) is 0 Å². The van der Waals surface area contributed by atoms with Gasteiger partial charge >= 0.3 is 0 Å². The molecule has 0 heterocycles. The van der Waals surface area contributed by atoms with Crippen LogP contribution in [0.15, 0.2) is 12.1 Å². The van der Waals surface area contributed by atoms with Crippen LogP contribution in [0.3, 0.4) is 0 Å². The van der Waals surface area contributed by atoms with Gasteiger partial charge in [0.2, 0.25) is 0 Å². The Morgan fingerprint density at radius 3 is 2.05 bits per heavy atom. The number of halogens is 4. The van der Waals surface area contributed by atoms with Crippen LogP contribution in [-0.2, 0) is 0 Å². The van der Waals surface area contributed by atoms with Crippen LogP contribution in [0.4, 0.5) is 13.2 Å². The summed E-state index contributed by atoms with van der Waals surface area (Å²) in [5.41, 5.74) is 5.32. The van der Waals surface area contributed by atoms with Crippen molar-refractivity contribution in [3.8, 4) is 0 Å². The van der Waals surface area contributed by atoms with Gasteiger partial charge in [-0.1, -0.05) is 20.8 Å². The van der Waals surface area contributed by atoms with Crippen molar-refractivity contribution in [1.82, 2.24) is 0 Å². The molecule has 0 saturated carbocycles. The number of hydrogen-bond donors (Lipinski definition) is 2.